The molecule has 84 valence electrons. The first-order chi connectivity index (χ1) is 6.82. The number of benzene rings is 1. The zero-order valence-corrected chi connectivity index (χ0v) is 9.99. The molecule has 0 heterocycles. The second kappa shape index (κ2) is 4.33. The maximum Gasteiger partial charge on any atom is 0.0938 e. The van der Waals surface area contributed by atoms with Gasteiger partial charge < -0.3 is 10.8 Å². The summed E-state index contributed by atoms with van der Waals surface area (Å²) in [5.74, 6) is 0. The summed E-state index contributed by atoms with van der Waals surface area (Å²) < 4.78 is 0. The van der Waals surface area contributed by atoms with Crippen LogP contribution >= 0.6 is 0 Å². The van der Waals surface area contributed by atoms with Gasteiger partial charge in [0.2, 0.25) is 0 Å². The van der Waals surface area contributed by atoms with Gasteiger partial charge in [-0.05, 0) is 23.5 Å². The predicted octanol–water partition coefficient (Wildman–Crippen LogP) is 2.36. The third kappa shape index (κ3) is 3.05. The minimum absolute atomic E-state index is 0.105. The zero-order valence-electron chi connectivity index (χ0n) is 9.99. The lowest BCUT2D eigenvalue weighted by molar-refractivity contribution is 0.153. The van der Waals surface area contributed by atoms with Crippen molar-refractivity contribution in [1.29, 1.82) is 0 Å². The Morgan fingerprint density at radius 2 is 1.87 bits per heavy atom. The van der Waals surface area contributed by atoms with E-state index in [1.807, 2.05) is 25.1 Å². The molecule has 0 aliphatic rings. The maximum atomic E-state index is 9.86. The van der Waals surface area contributed by atoms with Crippen LogP contribution in [0.4, 0.5) is 0 Å². The molecule has 2 nitrogen and oxygen atoms in total. The molecule has 1 rings (SSSR count). The van der Waals surface area contributed by atoms with Gasteiger partial charge in [-0.2, -0.15) is 0 Å². The molecule has 0 amide bonds. The molecule has 0 fully saturated rings. The van der Waals surface area contributed by atoms with Gasteiger partial charge in [0.1, 0.15) is 0 Å². The Balaban J connectivity index is 3.03. The van der Waals surface area contributed by atoms with E-state index < -0.39 is 6.10 Å². The molecule has 0 aliphatic heterocycles. The van der Waals surface area contributed by atoms with E-state index in [0.29, 0.717) is 0 Å². The Labute approximate surface area is 92.1 Å². The Morgan fingerprint density at radius 1 is 1.27 bits per heavy atom. The van der Waals surface area contributed by atoms with Crippen LogP contribution in [0, 0.1) is 0 Å². The second-order valence-electron chi connectivity index (χ2n) is 5.18. The molecule has 3 N–H and O–H groups in total. The van der Waals surface area contributed by atoms with Crippen molar-refractivity contribution >= 4 is 0 Å². The molecule has 0 aromatic heterocycles. The lowest BCUT2D eigenvalue weighted by Gasteiger charge is -2.22. The topological polar surface area (TPSA) is 46.2 Å². The molecule has 0 aliphatic carbocycles. The Bertz CT molecular complexity index is 326. The number of hydrogen-bond donors (Lipinski definition) is 2. The van der Waals surface area contributed by atoms with E-state index in [9.17, 15) is 5.11 Å². The molecule has 0 bridgehead atoms. The first kappa shape index (κ1) is 12.2. The van der Waals surface area contributed by atoms with Crippen LogP contribution in [0.5, 0.6) is 0 Å². The fraction of sp³-hybridized carbons (Fsp3) is 0.538. The highest BCUT2D eigenvalue weighted by molar-refractivity contribution is 5.30. The fourth-order valence-electron chi connectivity index (χ4n) is 1.49. The second-order valence-corrected chi connectivity index (χ2v) is 5.18. The summed E-state index contributed by atoms with van der Waals surface area (Å²) in [4.78, 5) is 0. The van der Waals surface area contributed by atoms with E-state index in [4.69, 9.17) is 5.73 Å². The lowest BCUT2D eigenvalue weighted by atomic mass is 9.85. The highest BCUT2D eigenvalue weighted by Gasteiger charge is 2.17. The summed E-state index contributed by atoms with van der Waals surface area (Å²) in [6.07, 6.45) is -0.577. The van der Waals surface area contributed by atoms with Crippen molar-refractivity contribution in [2.75, 3.05) is 0 Å². The highest BCUT2D eigenvalue weighted by atomic mass is 16.3. The van der Waals surface area contributed by atoms with Crippen LogP contribution in [-0.2, 0) is 5.41 Å². The number of nitrogens with two attached hydrogens (primary N) is 1. The first-order valence-electron chi connectivity index (χ1n) is 5.36. The molecular weight excluding hydrogens is 186 g/mol. The third-order valence-corrected chi connectivity index (χ3v) is 2.59. The number of aliphatic hydroxyl groups is 1. The fourth-order valence-corrected chi connectivity index (χ4v) is 1.49. The lowest BCUT2D eigenvalue weighted by Crippen LogP contribution is -2.24. The Hall–Kier alpha value is -0.860. The molecule has 0 saturated carbocycles. The van der Waals surface area contributed by atoms with Crippen molar-refractivity contribution in [3.63, 3.8) is 0 Å². The van der Waals surface area contributed by atoms with Gasteiger partial charge in [-0.25, -0.2) is 0 Å². The van der Waals surface area contributed by atoms with Crippen LogP contribution in [0.25, 0.3) is 0 Å². The molecule has 2 atom stereocenters. The van der Waals surface area contributed by atoms with Crippen molar-refractivity contribution in [2.24, 2.45) is 5.73 Å². The van der Waals surface area contributed by atoms with Gasteiger partial charge in [0.05, 0.1) is 6.10 Å². The number of hydrogen-bond acceptors (Lipinski definition) is 2. The summed E-state index contributed by atoms with van der Waals surface area (Å²) in [6, 6.07) is 7.77. The van der Waals surface area contributed by atoms with Crippen LogP contribution in [-0.4, -0.2) is 11.1 Å². The van der Waals surface area contributed by atoms with Gasteiger partial charge in [0.15, 0.2) is 0 Å². The van der Waals surface area contributed by atoms with E-state index in [1.165, 1.54) is 5.56 Å². The van der Waals surface area contributed by atoms with Crippen molar-refractivity contribution in [1.82, 2.24) is 0 Å². The number of rotatable bonds is 2. The molecule has 15 heavy (non-hydrogen) atoms. The summed E-state index contributed by atoms with van der Waals surface area (Å²) in [6.45, 7) is 8.29. The smallest absolute Gasteiger partial charge is 0.0938 e. The SMILES string of the molecule is C[C@@H](N)[C@@H](O)c1cccc(C(C)(C)C)c1. The average molecular weight is 207 g/mol. The van der Waals surface area contributed by atoms with E-state index in [0.717, 1.165) is 5.56 Å². The van der Waals surface area contributed by atoms with Crippen molar-refractivity contribution in [3.05, 3.63) is 35.4 Å². The molecule has 0 unspecified atom stereocenters. The summed E-state index contributed by atoms with van der Waals surface area (Å²) in [7, 11) is 0. The summed E-state index contributed by atoms with van der Waals surface area (Å²) >= 11 is 0. The molecule has 1 aromatic rings. The standard InChI is InChI=1S/C13H21NO/c1-9(14)12(15)10-6-5-7-11(8-10)13(2,3)4/h5-9,12,15H,14H2,1-4H3/t9-,12-/m1/s1. The predicted molar refractivity (Wildman–Crippen MR) is 63.8 cm³/mol. The minimum Gasteiger partial charge on any atom is -0.387 e. The zero-order chi connectivity index (χ0) is 11.6. The maximum absolute atomic E-state index is 9.86. The third-order valence-electron chi connectivity index (χ3n) is 2.59. The molecule has 2 heteroatoms. The van der Waals surface area contributed by atoms with Crippen LogP contribution in [0.3, 0.4) is 0 Å². The number of aliphatic hydroxyl groups excluding tert-OH is 1. The van der Waals surface area contributed by atoms with Gasteiger partial charge >= 0.3 is 0 Å². The van der Waals surface area contributed by atoms with E-state index in [2.05, 4.69) is 26.8 Å². The molecular formula is C13H21NO. The van der Waals surface area contributed by atoms with Crippen molar-refractivity contribution in [3.8, 4) is 0 Å². The van der Waals surface area contributed by atoms with Gasteiger partial charge in [-0.3, -0.25) is 0 Å². The van der Waals surface area contributed by atoms with Crippen molar-refractivity contribution < 1.29 is 5.11 Å². The van der Waals surface area contributed by atoms with Crippen LogP contribution in [0.2, 0.25) is 0 Å². The molecule has 0 saturated heterocycles. The van der Waals surface area contributed by atoms with Crippen LogP contribution in [0.15, 0.2) is 24.3 Å². The largest absolute Gasteiger partial charge is 0.387 e. The quantitative estimate of drug-likeness (QED) is 0.782. The first-order valence-corrected chi connectivity index (χ1v) is 5.36. The van der Waals surface area contributed by atoms with E-state index in [1.54, 1.807) is 0 Å². The molecule has 0 spiro atoms. The molecule has 0 radical (unpaired) electrons. The normalized spacial score (nSPS) is 16.1. The van der Waals surface area contributed by atoms with Gasteiger partial charge in [0.25, 0.3) is 0 Å². The van der Waals surface area contributed by atoms with E-state index in [-0.39, 0.29) is 11.5 Å². The Kier molecular flexibility index (Phi) is 3.53. The Morgan fingerprint density at radius 3 is 2.33 bits per heavy atom. The van der Waals surface area contributed by atoms with Gasteiger partial charge in [-0.1, -0.05) is 45.0 Å². The summed E-state index contributed by atoms with van der Waals surface area (Å²) in [5.41, 5.74) is 7.90. The minimum atomic E-state index is -0.577. The summed E-state index contributed by atoms with van der Waals surface area (Å²) in [5, 5.41) is 9.86. The average Bonchev–Trinajstić information content (AvgIpc) is 2.15. The monoisotopic (exact) mass is 207 g/mol. The van der Waals surface area contributed by atoms with Crippen LogP contribution < -0.4 is 5.73 Å². The van der Waals surface area contributed by atoms with Crippen molar-refractivity contribution in [2.45, 2.75) is 45.3 Å². The van der Waals surface area contributed by atoms with E-state index >= 15 is 0 Å². The van der Waals surface area contributed by atoms with Gasteiger partial charge in [-0.15, -0.1) is 0 Å². The molecule has 1 aromatic carbocycles. The van der Waals surface area contributed by atoms with Crippen LogP contribution in [0.1, 0.15) is 44.9 Å². The van der Waals surface area contributed by atoms with Gasteiger partial charge in [0, 0.05) is 6.04 Å². The highest BCUT2D eigenvalue weighted by Crippen LogP contribution is 2.25.